The van der Waals surface area contributed by atoms with Gasteiger partial charge in [-0.3, -0.25) is 14.6 Å². The van der Waals surface area contributed by atoms with Gasteiger partial charge in [0.25, 0.3) is 11.5 Å². The van der Waals surface area contributed by atoms with Gasteiger partial charge in [0.2, 0.25) is 5.95 Å². The summed E-state index contributed by atoms with van der Waals surface area (Å²) in [5.74, 6) is -0.932. The molecule has 0 aliphatic heterocycles. The quantitative estimate of drug-likeness (QED) is 0.189. The molecule has 1 aromatic carbocycles. The number of anilines is 1. The van der Waals surface area contributed by atoms with Crippen molar-refractivity contribution in [1.82, 2.24) is 20.3 Å². The van der Waals surface area contributed by atoms with E-state index >= 15 is 0 Å². The number of benzene rings is 1. The van der Waals surface area contributed by atoms with Gasteiger partial charge in [-0.2, -0.15) is 4.98 Å². The number of carbonyl (C=O) groups is 2. The molecule has 0 aliphatic carbocycles. The van der Waals surface area contributed by atoms with E-state index < -0.39 is 24.2 Å². The summed E-state index contributed by atoms with van der Waals surface area (Å²) in [6.07, 6.45) is 2.30. The lowest BCUT2D eigenvalue weighted by atomic mass is 10.0. The summed E-state index contributed by atoms with van der Waals surface area (Å²) in [4.78, 5) is 46.8. The van der Waals surface area contributed by atoms with Gasteiger partial charge in [-0.15, -0.1) is 0 Å². The number of hydrogen-bond acceptors (Lipinski definition) is 8. The number of nitrogen functional groups attached to an aromatic ring is 1. The average Bonchev–Trinajstić information content (AvgIpc) is 3.24. The van der Waals surface area contributed by atoms with Crippen LogP contribution in [0.3, 0.4) is 0 Å². The van der Waals surface area contributed by atoms with Crippen LogP contribution >= 0.6 is 0 Å². The maximum Gasteiger partial charge on any atom is 0.328 e. The van der Waals surface area contributed by atoms with Crippen LogP contribution in [0.2, 0.25) is 0 Å². The van der Waals surface area contributed by atoms with Crippen LogP contribution in [-0.4, -0.2) is 57.5 Å². The third-order valence-electron chi connectivity index (χ3n) is 5.48. The van der Waals surface area contributed by atoms with E-state index in [0.717, 1.165) is 11.1 Å². The molecule has 35 heavy (non-hydrogen) atoms. The Bertz CT molecular complexity index is 1200. The van der Waals surface area contributed by atoms with Crippen LogP contribution in [0.4, 0.5) is 5.95 Å². The van der Waals surface area contributed by atoms with Gasteiger partial charge in [-0.1, -0.05) is 12.1 Å². The number of aromatic amines is 2. The summed E-state index contributed by atoms with van der Waals surface area (Å²) in [6.45, 7) is 3.96. The number of rotatable bonds is 12. The second-order valence-electron chi connectivity index (χ2n) is 7.95. The second-order valence-corrected chi connectivity index (χ2v) is 7.95. The lowest BCUT2D eigenvalue weighted by molar-refractivity contribution is -0.146. The van der Waals surface area contributed by atoms with E-state index in [4.69, 9.17) is 15.2 Å². The van der Waals surface area contributed by atoms with Crippen LogP contribution in [0, 0.1) is 0 Å². The van der Waals surface area contributed by atoms with Crippen molar-refractivity contribution in [1.29, 1.82) is 0 Å². The Hall–Kier alpha value is -3.70. The van der Waals surface area contributed by atoms with E-state index in [1.165, 1.54) is 0 Å². The molecule has 0 aliphatic rings. The normalized spacial score (nSPS) is 12.9. The third-order valence-corrected chi connectivity index (χ3v) is 5.48. The molecule has 0 saturated heterocycles. The number of aryl methyl sites for hydroxylation is 2. The van der Waals surface area contributed by atoms with Gasteiger partial charge in [0.15, 0.2) is 6.29 Å². The lowest BCUT2D eigenvalue weighted by Crippen LogP contribution is -2.42. The largest absolute Gasteiger partial charge is 0.464 e. The summed E-state index contributed by atoms with van der Waals surface area (Å²) in [5, 5.41) is 12.9. The maximum atomic E-state index is 12.7. The fourth-order valence-electron chi connectivity index (χ4n) is 3.74. The zero-order valence-corrected chi connectivity index (χ0v) is 19.8. The molecule has 11 nitrogen and oxygen atoms in total. The molecule has 11 heteroatoms. The number of H-pyrrole nitrogens is 2. The predicted octanol–water partition coefficient (Wildman–Crippen LogP) is 1.42. The van der Waals surface area contributed by atoms with Crippen LogP contribution < -0.4 is 16.6 Å². The zero-order valence-electron chi connectivity index (χ0n) is 19.8. The highest BCUT2D eigenvalue weighted by Crippen LogP contribution is 2.16. The van der Waals surface area contributed by atoms with Gasteiger partial charge >= 0.3 is 5.97 Å². The van der Waals surface area contributed by atoms with Crippen LogP contribution in [0.5, 0.6) is 0 Å². The van der Waals surface area contributed by atoms with Gasteiger partial charge < -0.3 is 30.6 Å². The molecular weight excluding hydrogens is 454 g/mol. The van der Waals surface area contributed by atoms with Crippen molar-refractivity contribution in [3.05, 3.63) is 57.5 Å². The Morgan fingerprint density at radius 2 is 1.89 bits per heavy atom. The first-order valence-electron chi connectivity index (χ1n) is 11.5. The number of nitrogens with two attached hydrogens (primary N) is 1. The number of carbonyl (C=O) groups excluding carboxylic acids is 2. The van der Waals surface area contributed by atoms with E-state index in [2.05, 4.69) is 20.3 Å². The van der Waals surface area contributed by atoms with Gasteiger partial charge in [-0.05, 0) is 56.4 Å². The Labute approximate surface area is 202 Å². The van der Waals surface area contributed by atoms with Crippen molar-refractivity contribution in [2.75, 3.05) is 18.9 Å². The number of nitrogens with one attached hydrogen (secondary N) is 3. The molecule has 6 N–H and O–H groups in total. The second kappa shape index (κ2) is 12.1. The topological polar surface area (TPSA) is 172 Å². The molecule has 0 fully saturated rings. The Balaban J connectivity index is 1.62. The Morgan fingerprint density at radius 1 is 1.14 bits per heavy atom. The number of esters is 1. The molecule has 2 unspecified atom stereocenters. The summed E-state index contributed by atoms with van der Waals surface area (Å²) in [6, 6.07) is 6.09. The van der Waals surface area contributed by atoms with Crippen LogP contribution in [-0.2, 0) is 27.1 Å². The number of ether oxygens (including phenoxy) is 2. The molecule has 2 heterocycles. The number of nitrogens with zero attached hydrogens (tertiary/aromatic N) is 1. The number of amides is 1. The summed E-state index contributed by atoms with van der Waals surface area (Å²) in [7, 11) is 0. The highest BCUT2D eigenvalue weighted by molar-refractivity contribution is 5.96. The minimum Gasteiger partial charge on any atom is -0.464 e. The smallest absolute Gasteiger partial charge is 0.328 e. The first-order valence-corrected chi connectivity index (χ1v) is 11.5. The number of aliphatic hydroxyl groups excluding tert-OH is 1. The standard InChI is InChI=1S/C24H31N5O6/c1-3-34-18(30)12-11-17(23(33)35-4-2)27-21(31)15-8-5-14(6-9-15)7-10-16-13-26-20-19(16)22(32)29-24(25)28-20/h5-6,8-9,13,17-18,30H,3-4,7,10-12H2,1-2H3,(H,27,31)(H4,25,26,28,29,32). The molecule has 2 aromatic heterocycles. The number of aromatic nitrogens is 3. The summed E-state index contributed by atoms with van der Waals surface area (Å²) in [5.41, 5.74) is 7.91. The first kappa shape index (κ1) is 25.9. The van der Waals surface area contributed by atoms with E-state index in [0.29, 0.717) is 36.0 Å². The Kier molecular flexibility index (Phi) is 8.98. The number of hydrogen-bond donors (Lipinski definition) is 5. The fourth-order valence-corrected chi connectivity index (χ4v) is 3.74. The van der Waals surface area contributed by atoms with Gasteiger partial charge in [-0.25, -0.2) is 4.79 Å². The van der Waals surface area contributed by atoms with Crippen molar-refractivity contribution >= 4 is 28.9 Å². The molecule has 2 atom stereocenters. The van der Waals surface area contributed by atoms with Crippen molar-refractivity contribution in [2.24, 2.45) is 0 Å². The molecule has 0 bridgehead atoms. The van der Waals surface area contributed by atoms with Crippen molar-refractivity contribution in [2.45, 2.75) is 51.9 Å². The molecule has 188 valence electrons. The van der Waals surface area contributed by atoms with Gasteiger partial charge in [0.05, 0.1) is 12.0 Å². The van der Waals surface area contributed by atoms with Crippen LogP contribution in [0.1, 0.15) is 48.2 Å². The van der Waals surface area contributed by atoms with Crippen molar-refractivity contribution in [3.63, 3.8) is 0 Å². The number of fused-ring (bicyclic) bond motifs is 1. The minimum atomic E-state index is -1.02. The van der Waals surface area contributed by atoms with Crippen molar-refractivity contribution < 1.29 is 24.2 Å². The first-order chi connectivity index (χ1) is 16.8. The molecule has 1 amide bonds. The molecule has 3 aromatic rings. The van der Waals surface area contributed by atoms with Gasteiger partial charge in [0.1, 0.15) is 11.7 Å². The highest BCUT2D eigenvalue weighted by atomic mass is 16.6. The zero-order chi connectivity index (χ0) is 25.4. The minimum absolute atomic E-state index is 0.0560. The predicted molar refractivity (Wildman–Crippen MR) is 130 cm³/mol. The van der Waals surface area contributed by atoms with E-state index in [1.807, 2.05) is 12.1 Å². The van der Waals surface area contributed by atoms with E-state index in [1.54, 1.807) is 32.2 Å². The van der Waals surface area contributed by atoms with Crippen LogP contribution in [0.15, 0.2) is 35.3 Å². The van der Waals surface area contributed by atoms with E-state index in [9.17, 15) is 19.5 Å². The van der Waals surface area contributed by atoms with E-state index in [-0.39, 0.29) is 31.0 Å². The summed E-state index contributed by atoms with van der Waals surface area (Å²) >= 11 is 0. The summed E-state index contributed by atoms with van der Waals surface area (Å²) < 4.78 is 10.1. The molecular formula is C24H31N5O6. The lowest BCUT2D eigenvalue weighted by Gasteiger charge is -2.19. The van der Waals surface area contributed by atoms with Crippen molar-refractivity contribution in [3.8, 4) is 0 Å². The molecule has 0 spiro atoms. The third kappa shape index (κ3) is 6.90. The van der Waals surface area contributed by atoms with Crippen LogP contribution in [0.25, 0.3) is 11.0 Å². The fraction of sp³-hybridized carbons (Fsp3) is 0.417. The highest BCUT2D eigenvalue weighted by Gasteiger charge is 2.24. The molecule has 3 rings (SSSR count). The Morgan fingerprint density at radius 3 is 2.57 bits per heavy atom. The SMILES string of the molecule is CCOC(=O)C(CCC(O)OCC)NC(=O)c1ccc(CCc2c[nH]c3nc(N)[nH]c(=O)c23)cc1. The maximum absolute atomic E-state index is 12.7. The molecule has 0 radical (unpaired) electrons. The average molecular weight is 486 g/mol. The molecule has 0 saturated carbocycles. The monoisotopic (exact) mass is 485 g/mol. The van der Waals surface area contributed by atoms with Gasteiger partial charge in [0, 0.05) is 24.8 Å². The number of aliphatic hydroxyl groups is 1.